The highest BCUT2D eigenvalue weighted by Crippen LogP contribution is 2.32. The van der Waals surface area contributed by atoms with Crippen LogP contribution in [0.4, 0.5) is 5.13 Å². The molecule has 0 aliphatic carbocycles. The monoisotopic (exact) mass is 505 g/mol. The summed E-state index contributed by atoms with van der Waals surface area (Å²) in [6, 6.07) is 12.7. The highest BCUT2D eigenvalue weighted by Gasteiger charge is 2.22. The van der Waals surface area contributed by atoms with Gasteiger partial charge in [0.1, 0.15) is 0 Å². The molecule has 10 heteroatoms. The number of nitrogens with zero attached hydrogens (tertiary/aromatic N) is 3. The summed E-state index contributed by atoms with van der Waals surface area (Å²) >= 11 is 3.20. The fourth-order valence-corrected chi connectivity index (χ4v) is 5.85. The molecule has 0 atom stereocenters. The van der Waals surface area contributed by atoms with E-state index in [9.17, 15) is 13.2 Å². The molecule has 0 saturated carbocycles. The first kappa shape index (κ1) is 24.2. The average Bonchev–Trinajstić information content (AvgIpc) is 3.22. The van der Waals surface area contributed by atoms with Crippen molar-refractivity contribution in [3.05, 3.63) is 48.0 Å². The lowest BCUT2D eigenvalue weighted by Crippen LogP contribution is -2.43. The summed E-state index contributed by atoms with van der Waals surface area (Å²) in [4.78, 5) is 23.6. The molecule has 0 N–H and O–H groups in total. The zero-order valence-electron chi connectivity index (χ0n) is 18.7. The summed E-state index contributed by atoms with van der Waals surface area (Å²) in [7, 11) is -3.27. The van der Waals surface area contributed by atoms with Gasteiger partial charge in [-0.3, -0.25) is 14.6 Å². The first-order valence-electron chi connectivity index (χ1n) is 10.7. The van der Waals surface area contributed by atoms with Crippen LogP contribution in [-0.2, 0) is 25.8 Å². The van der Waals surface area contributed by atoms with Crippen molar-refractivity contribution in [1.29, 1.82) is 0 Å². The van der Waals surface area contributed by atoms with Gasteiger partial charge < -0.3 is 4.74 Å². The highest BCUT2D eigenvalue weighted by atomic mass is 32.2. The summed E-state index contributed by atoms with van der Waals surface area (Å²) < 4.78 is 29.9. The number of sulfone groups is 1. The van der Waals surface area contributed by atoms with Crippen molar-refractivity contribution >= 4 is 54.2 Å². The molecule has 33 heavy (non-hydrogen) atoms. The average molecular weight is 506 g/mol. The minimum absolute atomic E-state index is 0.0560. The van der Waals surface area contributed by atoms with Gasteiger partial charge in [-0.1, -0.05) is 23.5 Å². The van der Waals surface area contributed by atoms with E-state index in [1.165, 1.54) is 17.6 Å². The molecule has 2 aromatic carbocycles. The molecule has 1 aliphatic heterocycles. The van der Waals surface area contributed by atoms with Crippen LogP contribution in [0.1, 0.15) is 5.56 Å². The van der Waals surface area contributed by atoms with Crippen LogP contribution in [0.15, 0.2) is 52.3 Å². The van der Waals surface area contributed by atoms with Gasteiger partial charge in [0.25, 0.3) is 0 Å². The number of morpholine rings is 1. The number of anilines is 1. The maximum absolute atomic E-state index is 13.4. The molecular weight excluding hydrogens is 478 g/mol. The molecule has 1 aliphatic rings. The predicted octanol–water partition coefficient (Wildman–Crippen LogP) is 3.33. The normalized spacial score (nSPS) is 15.1. The number of ether oxygens (including phenoxy) is 1. The van der Waals surface area contributed by atoms with E-state index in [1.54, 1.807) is 40.9 Å². The van der Waals surface area contributed by atoms with E-state index in [1.807, 2.05) is 18.4 Å². The molecule has 1 aromatic heterocycles. The number of benzene rings is 2. The van der Waals surface area contributed by atoms with E-state index >= 15 is 0 Å². The molecule has 4 rings (SSSR count). The van der Waals surface area contributed by atoms with Gasteiger partial charge in [0.15, 0.2) is 15.0 Å². The molecule has 1 saturated heterocycles. The van der Waals surface area contributed by atoms with Crippen LogP contribution < -0.4 is 4.90 Å². The third kappa shape index (κ3) is 6.13. The summed E-state index contributed by atoms with van der Waals surface area (Å²) in [5, 5.41) is 0.689. The number of carbonyl (C=O) groups is 1. The molecule has 1 fully saturated rings. The maximum atomic E-state index is 13.4. The zero-order chi connectivity index (χ0) is 23.4. The van der Waals surface area contributed by atoms with Crippen molar-refractivity contribution in [3.63, 3.8) is 0 Å². The first-order chi connectivity index (χ1) is 15.8. The lowest BCUT2D eigenvalue weighted by Gasteiger charge is -2.29. The van der Waals surface area contributed by atoms with Crippen molar-refractivity contribution < 1.29 is 17.9 Å². The number of thioether (sulfide) groups is 1. The third-order valence-electron chi connectivity index (χ3n) is 5.57. The number of amides is 1. The van der Waals surface area contributed by atoms with Crippen LogP contribution >= 0.6 is 23.1 Å². The standard InChI is InChI=1S/C23H27N3O4S3/c1-31-18-5-8-20-21(16-18)32-23(24-20)26(10-9-25-11-13-30-14-12-25)22(27)15-17-3-6-19(7-4-17)33(2,28)29/h3-8,16H,9-15H2,1-2H3. The molecule has 2 heterocycles. The third-order valence-corrected chi connectivity index (χ3v) is 8.46. The van der Waals surface area contributed by atoms with Crippen molar-refractivity contribution in [1.82, 2.24) is 9.88 Å². The van der Waals surface area contributed by atoms with Crippen molar-refractivity contribution in [2.75, 3.05) is 56.8 Å². The summed E-state index contributed by atoms with van der Waals surface area (Å²) in [6.07, 6.45) is 3.39. The topological polar surface area (TPSA) is 79.8 Å². The van der Waals surface area contributed by atoms with Gasteiger partial charge in [-0.15, -0.1) is 11.8 Å². The highest BCUT2D eigenvalue weighted by molar-refractivity contribution is 7.98. The number of carbonyl (C=O) groups excluding carboxylic acids is 1. The Bertz CT molecular complexity index is 1220. The fourth-order valence-electron chi connectivity index (χ4n) is 3.65. The number of rotatable bonds is 8. The van der Waals surface area contributed by atoms with Crippen LogP contribution in [0.3, 0.4) is 0 Å². The van der Waals surface area contributed by atoms with Gasteiger partial charge in [-0.05, 0) is 42.2 Å². The smallest absolute Gasteiger partial charge is 0.233 e. The Kier molecular flexibility index (Phi) is 7.70. The summed E-state index contributed by atoms with van der Waals surface area (Å²) in [6.45, 7) is 4.40. The Morgan fingerprint density at radius 1 is 1.18 bits per heavy atom. The fraction of sp³-hybridized carbons (Fsp3) is 0.391. The van der Waals surface area contributed by atoms with Crippen LogP contribution in [-0.4, -0.2) is 76.1 Å². The molecular formula is C23H27N3O4S3. The number of fused-ring (bicyclic) bond motifs is 1. The second-order valence-corrected chi connectivity index (χ2v) is 11.8. The van der Waals surface area contributed by atoms with Gasteiger partial charge in [-0.2, -0.15) is 0 Å². The van der Waals surface area contributed by atoms with Crippen molar-refractivity contribution in [3.8, 4) is 0 Å². The summed E-state index contributed by atoms with van der Waals surface area (Å²) in [5.41, 5.74) is 1.66. The second kappa shape index (κ2) is 10.5. The van der Waals surface area contributed by atoms with Crippen molar-refractivity contribution in [2.45, 2.75) is 16.2 Å². The number of aromatic nitrogens is 1. The van der Waals surface area contributed by atoms with Crippen LogP contribution in [0.5, 0.6) is 0 Å². The Morgan fingerprint density at radius 2 is 1.91 bits per heavy atom. The van der Waals surface area contributed by atoms with E-state index in [0.29, 0.717) is 24.9 Å². The van der Waals surface area contributed by atoms with E-state index in [4.69, 9.17) is 9.72 Å². The molecule has 1 amide bonds. The maximum Gasteiger partial charge on any atom is 0.233 e. The quantitative estimate of drug-likeness (QED) is 0.435. The summed E-state index contributed by atoms with van der Waals surface area (Å²) in [5.74, 6) is -0.0560. The Hall–Kier alpha value is -1.98. The van der Waals surface area contributed by atoms with Gasteiger partial charge >= 0.3 is 0 Å². The lowest BCUT2D eigenvalue weighted by molar-refractivity contribution is -0.118. The molecule has 176 valence electrons. The lowest BCUT2D eigenvalue weighted by atomic mass is 10.1. The van der Waals surface area contributed by atoms with Gasteiger partial charge in [0.2, 0.25) is 5.91 Å². The Morgan fingerprint density at radius 3 is 2.58 bits per heavy atom. The Labute approximate surface area is 202 Å². The SMILES string of the molecule is CSc1ccc2nc(N(CCN3CCOCC3)C(=O)Cc3ccc(S(C)(=O)=O)cc3)sc2c1. The van der Waals surface area contributed by atoms with Crippen LogP contribution in [0.25, 0.3) is 10.2 Å². The number of hydrogen-bond donors (Lipinski definition) is 0. The van der Waals surface area contributed by atoms with E-state index in [0.717, 1.165) is 40.3 Å². The largest absolute Gasteiger partial charge is 0.379 e. The molecule has 0 radical (unpaired) electrons. The van der Waals surface area contributed by atoms with Gasteiger partial charge in [0.05, 0.1) is 34.7 Å². The molecule has 0 spiro atoms. The zero-order valence-corrected chi connectivity index (χ0v) is 21.1. The molecule has 0 unspecified atom stereocenters. The minimum Gasteiger partial charge on any atom is -0.379 e. The van der Waals surface area contributed by atoms with Crippen LogP contribution in [0.2, 0.25) is 0 Å². The first-order valence-corrected chi connectivity index (χ1v) is 14.6. The van der Waals surface area contributed by atoms with E-state index in [2.05, 4.69) is 11.0 Å². The molecule has 3 aromatic rings. The minimum atomic E-state index is -3.27. The van der Waals surface area contributed by atoms with E-state index in [-0.39, 0.29) is 17.2 Å². The molecule has 7 nitrogen and oxygen atoms in total. The van der Waals surface area contributed by atoms with Crippen molar-refractivity contribution in [2.24, 2.45) is 0 Å². The van der Waals surface area contributed by atoms with Crippen LogP contribution in [0, 0.1) is 0 Å². The Balaban J connectivity index is 1.56. The van der Waals surface area contributed by atoms with E-state index < -0.39 is 9.84 Å². The van der Waals surface area contributed by atoms with Gasteiger partial charge in [-0.25, -0.2) is 13.4 Å². The second-order valence-electron chi connectivity index (χ2n) is 7.92. The predicted molar refractivity (Wildman–Crippen MR) is 134 cm³/mol. The van der Waals surface area contributed by atoms with Gasteiger partial charge in [0, 0.05) is 37.3 Å². The number of thiazole rings is 1. The molecule has 0 bridgehead atoms. The number of hydrogen-bond acceptors (Lipinski definition) is 8.